The predicted octanol–water partition coefficient (Wildman–Crippen LogP) is 5.25. The number of ether oxygens (including phenoxy) is 2. The number of carbonyl (C=O) groups excluding carboxylic acids is 1. The Balaban J connectivity index is 1.46. The van der Waals surface area contributed by atoms with Gasteiger partial charge >= 0.3 is 6.09 Å². The summed E-state index contributed by atoms with van der Waals surface area (Å²) in [6.07, 6.45) is 3.19. The number of rotatable bonds is 4. The Morgan fingerprint density at radius 1 is 1.03 bits per heavy atom. The van der Waals surface area contributed by atoms with Crippen molar-refractivity contribution in [1.82, 2.24) is 4.90 Å². The SMILES string of the molecule is CC(C)(C)OC(=O)N1CCN(c2cccc(OCc3ccccc3)c2)C2(CCC2)C1. The van der Waals surface area contributed by atoms with E-state index in [-0.39, 0.29) is 11.6 Å². The molecule has 0 N–H and O–H groups in total. The summed E-state index contributed by atoms with van der Waals surface area (Å²) < 4.78 is 11.7. The molecule has 5 heteroatoms. The molecule has 4 rings (SSSR count). The van der Waals surface area contributed by atoms with E-state index in [2.05, 4.69) is 35.2 Å². The van der Waals surface area contributed by atoms with Crippen LogP contribution >= 0.6 is 0 Å². The molecule has 1 spiro atoms. The van der Waals surface area contributed by atoms with Gasteiger partial charge < -0.3 is 19.3 Å². The van der Waals surface area contributed by atoms with Gasteiger partial charge in [0.05, 0.1) is 5.54 Å². The van der Waals surface area contributed by atoms with Gasteiger partial charge in [0, 0.05) is 31.4 Å². The zero-order chi connectivity index (χ0) is 21.2. The average molecular weight is 409 g/mol. The van der Waals surface area contributed by atoms with Crippen LogP contribution in [0.1, 0.15) is 45.6 Å². The van der Waals surface area contributed by atoms with Crippen molar-refractivity contribution in [3.8, 4) is 5.75 Å². The number of piperazine rings is 1. The number of amides is 1. The van der Waals surface area contributed by atoms with Gasteiger partial charge in [0.25, 0.3) is 0 Å². The van der Waals surface area contributed by atoms with E-state index in [0.717, 1.165) is 37.2 Å². The van der Waals surface area contributed by atoms with Gasteiger partial charge in [0.2, 0.25) is 0 Å². The molecular weight excluding hydrogens is 376 g/mol. The molecule has 0 aromatic heterocycles. The van der Waals surface area contributed by atoms with E-state index in [9.17, 15) is 4.79 Å². The van der Waals surface area contributed by atoms with Crippen LogP contribution in [0.25, 0.3) is 0 Å². The molecule has 1 amide bonds. The summed E-state index contributed by atoms with van der Waals surface area (Å²) in [5.74, 6) is 0.875. The molecule has 2 aromatic carbocycles. The molecule has 5 nitrogen and oxygen atoms in total. The normalized spacial score (nSPS) is 18.1. The Kier molecular flexibility index (Phi) is 5.63. The van der Waals surface area contributed by atoms with Gasteiger partial charge in [0.15, 0.2) is 0 Å². The number of carbonyl (C=O) groups is 1. The highest BCUT2D eigenvalue weighted by atomic mass is 16.6. The number of anilines is 1. The summed E-state index contributed by atoms with van der Waals surface area (Å²) in [6, 6.07) is 18.6. The smallest absolute Gasteiger partial charge is 0.410 e. The molecule has 0 atom stereocenters. The van der Waals surface area contributed by atoms with Crippen molar-refractivity contribution in [2.75, 3.05) is 24.5 Å². The maximum atomic E-state index is 12.6. The number of benzene rings is 2. The molecule has 1 aliphatic carbocycles. The summed E-state index contributed by atoms with van der Waals surface area (Å²) in [6.45, 7) is 8.51. The minimum Gasteiger partial charge on any atom is -0.489 e. The Labute approximate surface area is 179 Å². The first-order valence-electron chi connectivity index (χ1n) is 10.9. The molecule has 1 saturated carbocycles. The summed E-state index contributed by atoms with van der Waals surface area (Å²) in [5, 5.41) is 0. The van der Waals surface area contributed by atoms with E-state index in [1.54, 1.807) is 0 Å². The topological polar surface area (TPSA) is 42.0 Å². The largest absolute Gasteiger partial charge is 0.489 e. The van der Waals surface area contributed by atoms with E-state index in [4.69, 9.17) is 9.47 Å². The highest BCUT2D eigenvalue weighted by Gasteiger charge is 2.48. The lowest BCUT2D eigenvalue weighted by Gasteiger charge is -2.56. The first kappa shape index (κ1) is 20.6. The number of nitrogens with zero attached hydrogens (tertiary/aromatic N) is 2. The van der Waals surface area contributed by atoms with Crippen LogP contribution in [0.15, 0.2) is 54.6 Å². The van der Waals surface area contributed by atoms with E-state index in [0.29, 0.717) is 13.2 Å². The first-order chi connectivity index (χ1) is 14.3. The Morgan fingerprint density at radius 3 is 2.47 bits per heavy atom. The zero-order valence-corrected chi connectivity index (χ0v) is 18.3. The van der Waals surface area contributed by atoms with Crippen molar-refractivity contribution < 1.29 is 14.3 Å². The van der Waals surface area contributed by atoms with Gasteiger partial charge in [-0.25, -0.2) is 4.79 Å². The van der Waals surface area contributed by atoms with E-state index in [1.165, 1.54) is 12.1 Å². The van der Waals surface area contributed by atoms with E-state index >= 15 is 0 Å². The fraction of sp³-hybridized carbons (Fsp3) is 0.480. The second-order valence-electron chi connectivity index (χ2n) is 9.40. The molecule has 2 fully saturated rings. The Morgan fingerprint density at radius 2 is 1.80 bits per heavy atom. The van der Waals surface area contributed by atoms with Gasteiger partial charge in [-0.3, -0.25) is 0 Å². The van der Waals surface area contributed by atoms with Crippen LogP contribution in [0.4, 0.5) is 10.5 Å². The highest BCUT2D eigenvalue weighted by molar-refractivity contribution is 5.69. The van der Waals surface area contributed by atoms with Gasteiger partial charge in [-0.15, -0.1) is 0 Å². The summed E-state index contributed by atoms with van der Waals surface area (Å²) in [5.41, 5.74) is 1.87. The molecule has 1 aliphatic heterocycles. The summed E-state index contributed by atoms with van der Waals surface area (Å²) in [4.78, 5) is 17.0. The second kappa shape index (κ2) is 8.21. The molecule has 2 aliphatic rings. The van der Waals surface area contributed by atoms with Crippen molar-refractivity contribution in [3.05, 3.63) is 60.2 Å². The molecule has 0 bridgehead atoms. The molecule has 160 valence electrons. The lowest BCUT2D eigenvalue weighted by atomic mass is 9.73. The Hall–Kier alpha value is -2.69. The fourth-order valence-corrected chi connectivity index (χ4v) is 4.36. The maximum absolute atomic E-state index is 12.6. The van der Waals surface area contributed by atoms with Crippen LogP contribution in [0.2, 0.25) is 0 Å². The molecule has 2 aromatic rings. The van der Waals surface area contributed by atoms with Gasteiger partial charge in [-0.1, -0.05) is 36.4 Å². The fourth-order valence-electron chi connectivity index (χ4n) is 4.36. The van der Waals surface area contributed by atoms with E-state index in [1.807, 2.05) is 49.9 Å². The van der Waals surface area contributed by atoms with Gasteiger partial charge in [0.1, 0.15) is 18.0 Å². The quantitative estimate of drug-likeness (QED) is 0.693. The average Bonchev–Trinajstić information content (AvgIpc) is 2.70. The lowest BCUT2D eigenvalue weighted by Crippen LogP contribution is -2.67. The third-order valence-corrected chi connectivity index (χ3v) is 5.96. The molecule has 30 heavy (non-hydrogen) atoms. The van der Waals surface area contributed by atoms with E-state index < -0.39 is 5.60 Å². The van der Waals surface area contributed by atoms with Crippen molar-refractivity contribution >= 4 is 11.8 Å². The number of hydrogen-bond acceptors (Lipinski definition) is 4. The van der Waals surface area contributed by atoms with Crippen LogP contribution in [-0.2, 0) is 11.3 Å². The van der Waals surface area contributed by atoms with Crippen molar-refractivity contribution in [1.29, 1.82) is 0 Å². The minimum absolute atomic E-state index is 0.00715. The van der Waals surface area contributed by atoms with Crippen LogP contribution < -0.4 is 9.64 Å². The molecule has 1 saturated heterocycles. The summed E-state index contributed by atoms with van der Waals surface area (Å²) in [7, 11) is 0. The minimum atomic E-state index is -0.467. The van der Waals surface area contributed by atoms with Crippen LogP contribution in [-0.4, -0.2) is 41.8 Å². The number of hydrogen-bond donors (Lipinski definition) is 0. The molecule has 0 radical (unpaired) electrons. The second-order valence-corrected chi connectivity index (χ2v) is 9.40. The zero-order valence-electron chi connectivity index (χ0n) is 18.3. The standard InChI is InChI=1S/C25H32N2O3/c1-24(2,3)30-23(28)26-15-16-27(25(19-26)13-8-14-25)21-11-7-12-22(17-21)29-18-20-9-5-4-6-10-20/h4-7,9-12,17H,8,13-16,18-19H2,1-3H3. The van der Waals surface area contributed by atoms with Crippen molar-refractivity contribution in [2.24, 2.45) is 0 Å². The molecule has 1 heterocycles. The Bertz CT molecular complexity index is 871. The highest BCUT2D eigenvalue weighted by Crippen LogP contribution is 2.43. The monoisotopic (exact) mass is 408 g/mol. The van der Waals surface area contributed by atoms with Gasteiger partial charge in [-0.05, 0) is 57.7 Å². The van der Waals surface area contributed by atoms with Crippen molar-refractivity contribution in [3.63, 3.8) is 0 Å². The lowest BCUT2D eigenvalue weighted by molar-refractivity contribution is 0.00932. The van der Waals surface area contributed by atoms with Crippen LogP contribution in [0.5, 0.6) is 5.75 Å². The third-order valence-electron chi connectivity index (χ3n) is 5.96. The molecular formula is C25H32N2O3. The van der Waals surface area contributed by atoms with Crippen molar-refractivity contribution in [2.45, 2.75) is 57.8 Å². The van der Waals surface area contributed by atoms with Gasteiger partial charge in [-0.2, -0.15) is 0 Å². The van der Waals surface area contributed by atoms with Crippen LogP contribution in [0, 0.1) is 0 Å². The maximum Gasteiger partial charge on any atom is 0.410 e. The molecule has 0 unspecified atom stereocenters. The third kappa shape index (κ3) is 4.55. The summed E-state index contributed by atoms with van der Waals surface area (Å²) >= 11 is 0. The first-order valence-corrected chi connectivity index (χ1v) is 10.9. The van der Waals surface area contributed by atoms with Crippen LogP contribution in [0.3, 0.4) is 0 Å². The predicted molar refractivity (Wildman–Crippen MR) is 119 cm³/mol.